The number of thiophene rings is 1. The Balaban J connectivity index is 1.72. The molecule has 0 unspecified atom stereocenters. The molecule has 0 radical (unpaired) electrons. The fraction of sp³-hybridized carbons (Fsp3) is 0.364. The van der Waals surface area contributed by atoms with E-state index in [4.69, 9.17) is 9.47 Å². The van der Waals surface area contributed by atoms with E-state index in [2.05, 4.69) is 22.8 Å². The van der Waals surface area contributed by atoms with Crippen molar-refractivity contribution in [3.05, 3.63) is 39.8 Å². The Labute approximate surface area is 189 Å². The van der Waals surface area contributed by atoms with Gasteiger partial charge in [0, 0.05) is 10.4 Å². The molecule has 3 N–H and O–H groups in total. The molecule has 0 saturated carbocycles. The van der Waals surface area contributed by atoms with Gasteiger partial charge in [-0.05, 0) is 55.9 Å². The van der Waals surface area contributed by atoms with Gasteiger partial charge >= 0.3 is 17.8 Å². The van der Waals surface area contributed by atoms with Gasteiger partial charge in [-0.3, -0.25) is 9.59 Å². The average molecular weight is 460 g/mol. The largest absolute Gasteiger partial charge is 0.507 e. The molecule has 1 heterocycles. The first-order chi connectivity index (χ1) is 15.3. The number of amides is 2. The van der Waals surface area contributed by atoms with E-state index in [0.29, 0.717) is 27.8 Å². The van der Waals surface area contributed by atoms with Crippen molar-refractivity contribution >= 4 is 40.3 Å². The second-order valence-electron chi connectivity index (χ2n) is 7.35. The molecular formula is C22H25N3O6S. The van der Waals surface area contributed by atoms with Gasteiger partial charge in [-0.25, -0.2) is 10.2 Å². The Hall–Kier alpha value is -3.40. The monoisotopic (exact) mass is 459 g/mol. The summed E-state index contributed by atoms with van der Waals surface area (Å²) in [7, 11) is 1.48. The quantitative estimate of drug-likeness (QED) is 0.264. The van der Waals surface area contributed by atoms with Crippen LogP contribution in [0.2, 0.25) is 0 Å². The van der Waals surface area contributed by atoms with E-state index in [1.807, 2.05) is 0 Å². The number of aromatic hydroxyl groups is 1. The van der Waals surface area contributed by atoms with Crippen molar-refractivity contribution in [3.63, 3.8) is 0 Å². The predicted molar refractivity (Wildman–Crippen MR) is 120 cm³/mol. The topological polar surface area (TPSA) is 126 Å². The van der Waals surface area contributed by atoms with Crippen LogP contribution in [0.4, 0.5) is 5.00 Å². The van der Waals surface area contributed by atoms with Gasteiger partial charge in [0.25, 0.3) is 0 Å². The molecule has 10 heteroatoms. The number of nitrogens with zero attached hydrogens (tertiary/aromatic N) is 1. The van der Waals surface area contributed by atoms with Crippen LogP contribution in [-0.2, 0) is 27.2 Å². The highest BCUT2D eigenvalue weighted by Crippen LogP contribution is 2.40. The summed E-state index contributed by atoms with van der Waals surface area (Å²) < 4.78 is 10.2. The Morgan fingerprint density at radius 1 is 1.31 bits per heavy atom. The predicted octanol–water partition coefficient (Wildman–Crippen LogP) is 2.85. The summed E-state index contributed by atoms with van der Waals surface area (Å²) in [5.74, 6) is -1.58. The minimum Gasteiger partial charge on any atom is -0.507 e. The molecule has 1 aromatic carbocycles. The summed E-state index contributed by atoms with van der Waals surface area (Å²) in [6.07, 6.45) is 3.66. The first kappa shape index (κ1) is 23.3. The lowest BCUT2D eigenvalue weighted by atomic mass is 9.88. The third-order valence-corrected chi connectivity index (χ3v) is 6.20. The van der Waals surface area contributed by atoms with Crippen LogP contribution in [-0.4, -0.2) is 42.8 Å². The summed E-state index contributed by atoms with van der Waals surface area (Å²) in [5.41, 5.74) is 3.62. The third kappa shape index (κ3) is 5.25. The number of rotatable bonds is 6. The van der Waals surface area contributed by atoms with Gasteiger partial charge in [0.05, 0.1) is 25.5 Å². The molecule has 0 spiro atoms. The number of hydrogen-bond acceptors (Lipinski definition) is 8. The molecule has 3 rings (SSSR count). The van der Waals surface area contributed by atoms with Gasteiger partial charge in [0.15, 0.2) is 0 Å². The van der Waals surface area contributed by atoms with Crippen molar-refractivity contribution in [1.82, 2.24) is 5.43 Å². The number of carbonyl (C=O) groups excluding carboxylic acids is 3. The van der Waals surface area contributed by atoms with E-state index in [0.717, 1.165) is 29.7 Å². The number of ether oxygens (including phenoxy) is 2. The molecule has 1 aromatic heterocycles. The number of anilines is 1. The van der Waals surface area contributed by atoms with Crippen LogP contribution in [0.15, 0.2) is 23.3 Å². The number of phenolic OH excluding ortho intramolecular Hbond substituents is 1. The molecule has 0 aliphatic heterocycles. The maximum Gasteiger partial charge on any atom is 0.341 e. The molecule has 9 nitrogen and oxygen atoms in total. The van der Waals surface area contributed by atoms with Crippen LogP contribution in [0, 0.1) is 5.92 Å². The maximum atomic E-state index is 12.5. The van der Waals surface area contributed by atoms with E-state index in [1.165, 1.54) is 36.8 Å². The molecule has 0 bridgehead atoms. The molecule has 1 atom stereocenters. The minimum absolute atomic E-state index is 0.0641. The lowest BCUT2D eigenvalue weighted by molar-refractivity contribution is -0.136. The Kier molecular flexibility index (Phi) is 7.47. The van der Waals surface area contributed by atoms with Gasteiger partial charge in [-0.2, -0.15) is 5.10 Å². The summed E-state index contributed by atoms with van der Waals surface area (Å²) in [4.78, 5) is 38.2. The zero-order chi connectivity index (χ0) is 23.3. The molecule has 1 aliphatic carbocycles. The first-order valence-corrected chi connectivity index (χ1v) is 11.0. The van der Waals surface area contributed by atoms with Gasteiger partial charge in [-0.15, -0.1) is 11.3 Å². The summed E-state index contributed by atoms with van der Waals surface area (Å²) in [5, 5.41) is 16.4. The standard InChI is InChI=1S/C22H25N3O6S/c1-4-31-22(29)18-15-7-5-12(2)9-17(15)32-21(18)24-19(27)20(28)25-23-11-13-10-14(30-3)6-8-16(13)26/h6,8,10-12,26H,4-5,7,9H2,1-3H3,(H,24,27)(H,25,28)/b23-11-/t12-/m1/s1. The highest BCUT2D eigenvalue weighted by Gasteiger charge is 2.30. The van der Waals surface area contributed by atoms with E-state index in [9.17, 15) is 19.5 Å². The molecule has 0 saturated heterocycles. The number of esters is 1. The van der Waals surface area contributed by atoms with E-state index < -0.39 is 17.8 Å². The molecular weight excluding hydrogens is 434 g/mol. The SMILES string of the molecule is CCOC(=O)c1c(NC(=O)C(=O)N/N=C\c2cc(OC)ccc2O)sc2c1CC[C@@H](C)C2. The highest BCUT2D eigenvalue weighted by atomic mass is 32.1. The third-order valence-electron chi connectivity index (χ3n) is 5.03. The average Bonchev–Trinajstić information content (AvgIpc) is 3.11. The fourth-order valence-electron chi connectivity index (χ4n) is 3.39. The number of nitrogens with one attached hydrogen (secondary N) is 2. The van der Waals surface area contributed by atoms with Gasteiger partial charge in [0.2, 0.25) is 0 Å². The molecule has 170 valence electrons. The number of hydrazone groups is 1. The van der Waals surface area contributed by atoms with Crippen LogP contribution in [0.25, 0.3) is 0 Å². The van der Waals surface area contributed by atoms with Crippen LogP contribution in [0.5, 0.6) is 11.5 Å². The zero-order valence-corrected chi connectivity index (χ0v) is 18.9. The number of benzene rings is 1. The van der Waals surface area contributed by atoms with Gasteiger partial charge in [0.1, 0.15) is 16.5 Å². The van der Waals surface area contributed by atoms with Crippen molar-refractivity contribution < 1.29 is 29.0 Å². The van der Waals surface area contributed by atoms with Crippen LogP contribution in [0.1, 0.15) is 46.6 Å². The summed E-state index contributed by atoms with van der Waals surface area (Å²) in [6.45, 7) is 4.05. The minimum atomic E-state index is -1.02. The van der Waals surface area contributed by atoms with E-state index >= 15 is 0 Å². The zero-order valence-electron chi connectivity index (χ0n) is 18.1. The number of methoxy groups -OCH3 is 1. The van der Waals surface area contributed by atoms with E-state index in [1.54, 1.807) is 13.0 Å². The Morgan fingerprint density at radius 2 is 2.09 bits per heavy atom. The number of carbonyl (C=O) groups is 3. The second-order valence-corrected chi connectivity index (χ2v) is 8.46. The molecule has 2 aromatic rings. The number of hydrogen-bond donors (Lipinski definition) is 3. The van der Waals surface area contributed by atoms with Crippen LogP contribution >= 0.6 is 11.3 Å². The second kappa shape index (κ2) is 10.3. The molecule has 1 aliphatic rings. The smallest absolute Gasteiger partial charge is 0.341 e. The van der Waals surface area contributed by atoms with Crippen molar-refractivity contribution in [1.29, 1.82) is 0 Å². The van der Waals surface area contributed by atoms with E-state index in [-0.39, 0.29) is 12.4 Å². The van der Waals surface area contributed by atoms with Crippen molar-refractivity contribution in [2.75, 3.05) is 19.0 Å². The first-order valence-electron chi connectivity index (χ1n) is 10.2. The Bertz CT molecular complexity index is 1060. The van der Waals surface area contributed by atoms with Crippen LogP contribution < -0.4 is 15.5 Å². The lowest BCUT2D eigenvalue weighted by Crippen LogP contribution is -2.32. The van der Waals surface area contributed by atoms with Crippen molar-refractivity contribution in [2.45, 2.75) is 33.1 Å². The van der Waals surface area contributed by atoms with Crippen LogP contribution in [0.3, 0.4) is 0 Å². The van der Waals surface area contributed by atoms with Crippen molar-refractivity contribution in [2.24, 2.45) is 11.0 Å². The summed E-state index contributed by atoms with van der Waals surface area (Å²) >= 11 is 1.29. The number of phenols is 1. The Morgan fingerprint density at radius 3 is 2.81 bits per heavy atom. The summed E-state index contributed by atoms with van der Waals surface area (Å²) in [6, 6.07) is 4.51. The maximum absolute atomic E-state index is 12.5. The fourth-order valence-corrected chi connectivity index (χ4v) is 4.79. The molecule has 0 fully saturated rings. The lowest BCUT2D eigenvalue weighted by Gasteiger charge is -2.18. The van der Waals surface area contributed by atoms with Crippen molar-refractivity contribution in [3.8, 4) is 11.5 Å². The number of fused-ring (bicyclic) bond motifs is 1. The van der Waals surface area contributed by atoms with Gasteiger partial charge < -0.3 is 19.9 Å². The normalized spacial score (nSPS) is 15.2. The van der Waals surface area contributed by atoms with Gasteiger partial charge in [-0.1, -0.05) is 6.92 Å². The highest BCUT2D eigenvalue weighted by molar-refractivity contribution is 7.17. The molecule has 32 heavy (non-hydrogen) atoms. The molecule has 2 amide bonds.